The monoisotopic (exact) mass is 217 g/mol. The van der Waals surface area contributed by atoms with E-state index in [1.165, 1.54) is 0 Å². The van der Waals surface area contributed by atoms with Crippen molar-refractivity contribution >= 4 is 0 Å². The Labute approximate surface area is 94.6 Å². The molecule has 0 bridgehead atoms. The summed E-state index contributed by atoms with van der Waals surface area (Å²) in [4.78, 5) is 8.32. The highest BCUT2D eigenvalue weighted by Crippen LogP contribution is 2.18. The standard InChI is InChI=1S/C12H15N3O/c1-2-8-15-9-7-14-12(15)11(16)10-5-3-4-6-13-10/h3-7,9,11,16H,2,8H2,1H3. The average Bonchev–Trinajstić information content (AvgIpc) is 2.78. The lowest BCUT2D eigenvalue weighted by molar-refractivity contribution is 0.199. The second-order valence-corrected chi connectivity index (χ2v) is 3.64. The summed E-state index contributed by atoms with van der Waals surface area (Å²) in [5.41, 5.74) is 0.631. The molecule has 0 aliphatic carbocycles. The fourth-order valence-electron chi connectivity index (χ4n) is 1.67. The Morgan fingerprint density at radius 3 is 2.88 bits per heavy atom. The molecule has 1 atom stereocenters. The molecule has 0 amide bonds. The zero-order chi connectivity index (χ0) is 11.4. The van der Waals surface area contributed by atoms with Crippen LogP contribution in [0.3, 0.4) is 0 Å². The first-order chi connectivity index (χ1) is 7.83. The van der Waals surface area contributed by atoms with Crippen LogP contribution in [-0.2, 0) is 6.54 Å². The van der Waals surface area contributed by atoms with E-state index >= 15 is 0 Å². The van der Waals surface area contributed by atoms with E-state index in [0.717, 1.165) is 13.0 Å². The van der Waals surface area contributed by atoms with Crippen molar-refractivity contribution in [1.29, 1.82) is 0 Å². The normalized spacial score (nSPS) is 12.6. The Balaban J connectivity index is 2.27. The highest BCUT2D eigenvalue weighted by Gasteiger charge is 2.16. The summed E-state index contributed by atoms with van der Waals surface area (Å²) in [6.45, 7) is 2.95. The predicted molar refractivity (Wildman–Crippen MR) is 60.8 cm³/mol. The molecule has 2 heterocycles. The van der Waals surface area contributed by atoms with Crippen LogP contribution in [0.2, 0.25) is 0 Å². The number of nitrogens with zero attached hydrogens (tertiary/aromatic N) is 3. The lowest BCUT2D eigenvalue weighted by Gasteiger charge is -2.11. The van der Waals surface area contributed by atoms with Gasteiger partial charge in [-0.15, -0.1) is 0 Å². The molecule has 0 radical (unpaired) electrons. The highest BCUT2D eigenvalue weighted by atomic mass is 16.3. The fraction of sp³-hybridized carbons (Fsp3) is 0.333. The summed E-state index contributed by atoms with van der Waals surface area (Å²) in [5, 5.41) is 10.1. The van der Waals surface area contributed by atoms with Gasteiger partial charge in [0.25, 0.3) is 0 Å². The molecule has 16 heavy (non-hydrogen) atoms. The van der Waals surface area contributed by atoms with E-state index in [2.05, 4.69) is 16.9 Å². The van der Waals surface area contributed by atoms with Crippen LogP contribution in [0.25, 0.3) is 0 Å². The first kappa shape index (κ1) is 10.8. The van der Waals surface area contributed by atoms with Crippen molar-refractivity contribution in [3.63, 3.8) is 0 Å². The quantitative estimate of drug-likeness (QED) is 0.849. The second kappa shape index (κ2) is 4.90. The van der Waals surface area contributed by atoms with Crippen LogP contribution in [0.4, 0.5) is 0 Å². The number of aliphatic hydroxyl groups excluding tert-OH is 1. The van der Waals surface area contributed by atoms with Crippen molar-refractivity contribution < 1.29 is 5.11 Å². The van der Waals surface area contributed by atoms with E-state index in [0.29, 0.717) is 11.5 Å². The number of imidazole rings is 1. The van der Waals surface area contributed by atoms with Gasteiger partial charge in [-0.1, -0.05) is 13.0 Å². The van der Waals surface area contributed by atoms with Gasteiger partial charge in [-0.25, -0.2) is 4.98 Å². The third kappa shape index (κ3) is 2.12. The largest absolute Gasteiger partial charge is 0.379 e. The van der Waals surface area contributed by atoms with Crippen LogP contribution < -0.4 is 0 Å². The van der Waals surface area contributed by atoms with Gasteiger partial charge in [-0.2, -0.15) is 0 Å². The summed E-state index contributed by atoms with van der Waals surface area (Å²) in [6.07, 6.45) is 5.52. The molecule has 4 nitrogen and oxygen atoms in total. The SMILES string of the molecule is CCCn1ccnc1C(O)c1ccccn1. The molecular weight excluding hydrogens is 202 g/mol. The van der Waals surface area contributed by atoms with E-state index in [4.69, 9.17) is 0 Å². The van der Waals surface area contributed by atoms with Gasteiger partial charge in [0.2, 0.25) is 0 Å². The molecule has 4 heteroatoms. The van der Waals surface area contributed by atoms with Crippen molar-refractivity contribution in [2.24, 2.45) is 0 Å². The van der Waals surface area contributed by atoms with E-state index < -0.39 is 6.10 Å². The Morgan fingerprint density at radius 1 is 1.31 bits per heavy atom. The van der Waals surface area contributed by atoms with Gasteiger partial charge < -0.3 is 9.67 Å². The highest BCUT2D eigenvalue weighted by molar-refractivity contribution is 5.15. The summed E-state index contributed by atoms with van der Waals surface area (Å²) in [7, 11) is 0. The summed E-state index contributed by atoms with van der Waals surface area (Å²) in [6, 6.07) is 5.49. The smallest absolute Gasteiger partial charge is 0.153 e. The Hall–Kier alpha value is -1.68. The molecule has 0 aliphatic heterocycles. The topological polar surface area (TPSA) is 50.9 Å². The Bertz CT molecular complexity index is 439. The van der Waals surface area contributed by atoms with Gasteiger partial charge in [0.15, 0.2) is 6.10 Å². The van der Waals surface area contributed by atoms with E-state index in [1.807, 2.05) is 22.9 Å². The van der Waals surface area contributed by atoms with Gasteiger partial charge in [-0.3, -0.25) is 4.98 Å². The number of aryl methyl sites for hydroxylation is 1. The van der Waals surface area contributed by atoms with Crippen LogP contribution in [0.15, 0.2) is 36.8 Å². The molecule has 2 rings (SSSR count). The molecule has 0 aliphatic rings. The lowest BCUT2D eigenvalue weighted by atomic mass is 10.2. The minimum Gasteiger partial charge on any atom is -0.379 e. The molecule has 84 valence electrons. The maximum Gasteiger partial charge on any atom is 0.153 e. The van der Waals surface area contributed by atoms with E-state index in [-0.39, 0.29) is 0 Å². The molecule has 0 saturated heterocycles. The molecule has 2 aromatic heterocycles. The van der Waals surface area contributed by atoms with Crippen LogP contribution in [-0.4, -0.2) is 19.6 Å². The minimum absolute atomic E-state index is 0.631. The average molecular weight is 217 g/mol. The summed E-state index contributed by atoms with van der Waals surface area (Å²) < 4.78 is 1.96. The minimum atomic E-state index is -0.747. The molecule has 1 N–H and O–H groups in total. The Kier molecular flexibility index (Phi) is 3.31. The van der Waals surface area contributed by atoms with Crippen LogP contribution in [0, 0.1) is 0 Å². The first-order valence-corrected chi connectivity index (χ1v) is 5.43. The third-order valence-corrected chi connectivity index (χ3v) is 2.42. The van der Waals surface area contributed by atoms with Crippen LogP contribution >= 0.6 is 0 Å². The molecular formula is C12H15N3O. The summed E-state index contributed by atoms with van der Waals surface area (Å²) in [5.74, 6) is 0.653. The van der Waals surface area contributed by atoms with Gasteiger partial charge in [0, 0.05) is 25.1 Å². The zero-order valence-corrected chi connectivity index (χ0v) is 9.24. The molecule has 2 aromatic rings. The van der Waals surface area contributed by atoms with Crippen molar-refractivity contribution in [1.82, 2.24) is 14.5 Å². The van der Waals surface area contributed by atoms with Crippen LogP contribution in [0.5, 0.6) is 0 Å². The predicted octanol–water partition coefficient (Wildman–Crippen LogP) is 1.77. The number of aliphatic hydroxyl groups is 1. The van der Waals surface area contributed by atoms with Crippen molar-refractivity contribution in [3.8, 4) is 0 Å². The molecule has 0 fully saturated rings. The summed E-state index contributed by atoms with van der Waals surface area (Å²) >= 11 is 0. The fourth-order valence-corrected chi connectivity index (χ4v) is 1.67. The third-order valence-electron chi connectivity index (χ3n) is 2.42. The molecule has 0 aromatic carbocycles. The number of rotatable bonds is 4. The molecule has 0 saturated carbocycles. The zero-order valence-electron chi connectivity index (χ0n) is 9.24. The van der Waals surface area contributed by atoms with Crippen molar-refractivity contribution in [3.05, 3.63) is 48.3 Å². The number of aromatic nitrogens is 3. The Morgan fingerprint density at radius 2 is 2.19 bits per heavy atom. The maximum absolute atomic E-state index is 10.1. The second-order valence-electron chi connectivity index (χ2n) is 3.64. The first-order valence-electron chi connectivity index (χ1n) is 5.43. The number of pyridine rings is 1. The van der Waals surface area contributed by atoms with E-state index in [1.54, 1.807) is 18.5 Å². The lowest BCUT2D eigenvalue weighted by Crippen LogP contribution is -2.10. The molecule has 0 spiro atoms. The van der Waals surface area contributed by atoms with E-state index in [9.17, 15) is 5.11 Å². The maximum atomic E-state index is 10.1. The van der Waals surface area contributed by atoms with Crippen molar-refractivity contribution in [2.75, 3.05) is 0 Å². The number of hydrogen-bond acceptors (Lipinski definition) is 3. The van der Waals surface area contributed by atoms with Gasteiger partial charge >= 0.3 is 0 Å². The van der Waals surface area contributed by atoms with Gasteiger partial charge in [0.05, 0.1) is 5.69 Å². The van der Waals surface area contributed by atoms with Gasteiger partial charge in [0.1, 0.15) is 5.82 Å². The number of hydrogen-bond donors (Lipinski definition) is 1. The molecule has 1 unspecified atom stereocenters. The van der Waals surface area contributed by atoms with Gasteiger partial charge in [-0.05, 0) is 18.6 Å². The van der Waals surface area contributed by atoms with Crippen molar-refractivity contribution in [2.45, 2.75) is 26.0 Å². The van der Waals surface area contributed by atoms with Crippen LogP contribution in [0.1, 0.15) is 31.0 Å².